The summed E-state index contributed by atoms with van der Waals surface area (Å²) in [5.41, 5.74) is 0. The number of ether oxygens (including phenoxy) is 1. The summed E-state index contributed by atoms with van der Waals surface area (Å²) in [6.45, 7) is 4.33. The normalized spacial score (nSPS) is 10.3. The number of anilines is 1. The monoisotopic (exact) mass is 247 g/mol. The van der Waals surface area contributed by atoms with E-state index in [0.717, 1.165) is 25.3 Å². The number of nitrogens with one attached hydrogen (secondary N) is 1. The predicted octanol–water partition coefficient (Wildman–Crippen LogP) is 1.57. The summed E-state index contributed by atoms with van der Waals surface area (Å²) in [5, 5.41) is 3.24. The van der Waals surface area contributed by atoms with Crippen LogP contribution in [-0.4, -0.2) is 32.7 Å². The van der Waals surface area contributed by atoms with Gasteiger partial charge >= 0.3 is 0 Å². The maximum atomic E-state index is 5.31. The third-order valence-corrected chi connectivity index (χ3v) is 2.39. The van der Waals surface area contributed by atoms with Crippen LogP contribution >= 0.6 is 0 Å². The van der Waals surface area contributed by atoms with E-state index < -0.39 is 0 Å². The Morgan fingerprint density at radius 3 is 3.11 bits per heavy atom. The number of rotatable bonds is 7. The van der Waals surface area contributed by atoms with Gasteiger partial charge in [0.2, 0.25) is 5.88 Å². The molecule has 0 radical (unpaired) electrons. The average molecular weight is 247 g/mol. The maximum absolute atomic E-state index is 5.31. The van der Waals surface area contributed by atoms with Crippen LogP contribution in [0.5, 0.6) is 5.88 Å². The van der Waals surface area contributed by atoms with E-state index in [9.17, 15) is 0 Å². The van der Waals surface area contributed by atoms with Crippen molar-refractivity contribution in [3.63, 3.8) is 0 Å². The molecule has 1 N–H and O–H groups in total. The van der Waals surface area contributed by atoms with Crippen molar-refractivity contribution in [2.75, 3.05) is 18.5 Å². The molecule has 6 nitrogen and oxygen atoms in total. The van der Waals surface area contributed by atoms with E-state index in [0.29, 0.717) is 12.5 Å². The standard InChI is InChI=1S/C12H17N5O/c1-2-18-12-8-11(15-9-16-12)14-4-3-6-17-7-5-13-10-17/h5,7-10H,2-4,6H2,1H3,(H,14,15,16). The quantitative estimate of drug-likeness (QED) is 0.752. The van der Waals surface area contributed by atoms with Crippen LogP contribution < -0.4 is 10.1 Å². The number of hydrogen-bond acceptors (Lipinski definition) is 5. The van der Waals surface area contributed by atoms with Crippen LogP contribution in [0, 0.1) is 0 Å². The molecule has 2 aromatic rings. The van der Waals surface area contributed by atoms with Crippen LogP contribution in [0.1, 0.15) is 13.3 Å². The van der Waals surface area contributed by atoms with Crippen molar-refractivity contribution in [2.45, 2.75) is 19.9 Å². The molecule has 0 atom stereocenters. The van der Waals surface area contributed by atoms with Crippen molar-refractivity contribution in [1.82, 2.24) is 19.5 Å². The van der Waals surface area contributed by atoms with Gasteiger partial charge in [-0.2, -0.15) is 0 Å². The van der Waals surface area contributed by atoms with Crippen molar-refractivity contribution in [3.05, 3.63) is 31.1 Å². The minimum atomic E-state index is 0.601. The van der Waals surface area contributed by atoms with Crippen LogP contribution in [0.15, 0.2) is 31.1 Å². The van der Waals surface area contributed by atoms with Crippen LogP contribution in [-0.2, 0) is 6.54 Å². The number of imidazole rings is 1. The minimum Gasteiger partial charge on any atom is -0.478 e. The second-order valence-electron chi connectivity index (χ2n) is 3.76. The Morgan fingerprint density at radius 1 is 1.39 bits per heavy atom. The van der Waals surface area contributed by atoms with Gasteiger partial charge in [0.15, 0.2) is 0 Å². The van der Waals surface area contributed by atoms with Crippen molar-refractivity contribution >= 4 is 5.82 Å². The zero-order chi connectivity index (χ0) is 12.6. The second-order valence-corrected chi connectivity index (χ2v) is 3.76. The van der Waals surface area contributed by atoms with Gasteiger partial charge in [-0.1, -0.05) is 0 Å². The van der Waals surface area contributed by atoms with E-state index in [1.165, 1.54) is 6.33 Å². The zero-order valence-corrected chi connectivity index (χ0v) is 10.4. The first kappa shape index (κ1) is 12.3. The molecule has 18 heavy (non-hydrogen) atoms. The summed E-state index contributed by atoms with van der Waals surface area (Å²) in [5.74, 6) is 1.39. The third kappa shape index (κ3) is 3.73. The van der Waals surface area contributed by atoms with E-state index in [-0.39, 0.29) is 0 Å². The fourth-order valence-corrected chi connectivity index (χ4v) is 1.56. The van der Waals surface area contributed by atoms with E-state index >= 15 is 0 Å². The predicted molar refractivity (Wildman–Crippen MR) is 68.5 cm³/mol. The second kappa shape index (κ2) is 6.58. The van der Waals surface area contributed by atoms with Gasteiger partial charge in [-0.15, -0.1) is 0 Å². The van der Waals surface area contributed by atoms with Crippen LogP contribution in [0.25, 0.3) is 0 Å². The maximum Gasteiger partial charge on any atom is 0.218 e. The van der Waals surface area contributed by atoms with Crippen LogP contribution in [0.4, 0.5) is 5.82 Å². The number of aryl methyl sites for hydroxylation is 1. The Hall–Kier alpha value is -2.11. The molecule has 0 aromatic carbocycles. The molecule has 0 amide bonds. The largest absolute Gasteiger partial charge is 0.478 e. The first-order chi connectivity index (χ1) is 8.88. The van der Waals surface area contributed by atoms with Gasteiger partial charge < -0.3 is 14.6 Å². The Bertz CT molecular complexity index is 457. The van der Waals surface area contributed by atoms with Gasteiger partial charge in [0.05, 0.1) is 12.9 Å². The lowest BCUT2D eigenvalue weighted by Crippen LogP contribution is -2.07. The molecule has 0 saturated heterocycles. The van der Waals surface area contributed by atoms with Gasteiger partial charge in [-0.25, -0.2) is 15.0 Å². The highest BCUT2D eigenvalue weighted by atomic mass is 16.5. The van der Waals surface area contributed by atoms with Crippen molar-refractivity contribution in [1.29, 1.82) is 0 Å². The molecule has 2 heterocycles. The highest BCUT2D eigenvalue weighted by Gasteiger charge is 1.98. The van der Waals surface area contributed by atoms with Gasteiger partial charge in [0.25, 0.3) is 0 Å². The molecule has 0 unspecified atom stereocenters. The Morgan fingerprint density at radius 2 is 2.33 bits per heavy atom. The van der Waals surface area contributed by atoms with E-state index in [2.05, 4.69) is 20.3 Å². The van der Waals surface area contributed by atoms with Gasteiger partial charge in [-0.05, 0) is 13.3 Å². The lowest BCUT2D eigenvalue weighted by atomic mass is 10.4. The summed E-state index contributed by atoms with van der Waals surface area (Å²) >= 11 is 0. The summed E-state index contributed by atoms with van der Waals surface area (Å²) in [7, 11) is 0. The fraction of sp³-hybridized carbons (Fsp3) is 0.417. The molecule has 0 aliphatic heterocycles. The first-order valence-corrected chi connectivity index (χ1v) is 6.03. The molecule has 2 rings (SSSR count). The van der Waals surface area contributed by atoms with E-state index in [4.69, 9.17) is 4.74 Å². The highest BCUT2D eigenvalue weighted by molar-refractivity contribution is 5.36. The zero-order valence-electron chi connectivity index (χ0n) is 10.4. The molecular weight excluding hydrogens is 230 g/mol. The van der Waals surface area contributed by atoms with E-state index in [1.54, 1.807) is 12.3 Å². The van der Waals surface area contributed by atoms with Crippen molar-refractivity contribution in [2.24, 2.45) is 0 Å². The highest BCUT2D eigenvalue weighted by Crippen LogP contribution is 2.10. The molecule has 0 aliphatic carbocycles. The number of aromatic nitrogens is 4. The lowest BCUT2D eigenvalue weighted by molar-refractivity contribution is 0.326. The Labute approximate surface area is 106 Å². The molecule has 0 saturated carbocycles. The van der Waals surface area contributed by atoms with Gasteiger partial charge in [-0.3, -0.25) is 0 Å². The summed E-state index contributed by atoms with van der Waals surface area (Å²) in [4.78, 5) is 12.1. The summed E-state index contributed by atoms with van der Waals surface area (Å²) in [6.07, 6.45) is 8.06. The van der Waals surface area contributed by atoms with Crippen LogP contribution in [0.3, 0.4) is 0 Å². The Balaban J connectivity index is 1.74. The SMILES string of the molecule is CCOc1cc(NCCCn2ccnc2)ncn1. The van der Waals surface area contributed by atoms with Crippen LogP contribution in [0.2, 0.25) is 0 Å². The molecule has 0 spiro atoms. The molecule has 96 valence electrons. The van der Waals surface area contributed by atoms with Crippen molar-refractivity contribution in [3.8, 4) is 5.88 Å². The molecule has 0 fully saturated rings. The fourth-order valence-electron chi connectivity index (χ4n) is 1.56. The molecule has 6 heteroatoms. The Kier molecular flexibility index (Phi) is 4.52. The number of hydrogen-bond donors (Lipinski definition) is 1. The van der Waals surface area contributed by atoms with Gasteiger partial charge in [0.1, 0.15) is 12.1 Å². The molecule has 0 aliphatic rings. The smallest absolute Gasteiger partial charge is 0.218 e. The van der Waals surface area contributed by atoms with E-state index in [1.807, 2.05) is 24.0 Å². The topological polar surface area (TPSA) is 64.9 Å². The third-order valence-electron chi connectivity index (χ3n) is 2.39. The molecule has 2 aromatic heterocycles. The first-order valence-electron chi connectivity index (χ1n) is 6.03. The lowest BCUT2D eigenvalue weighted by Gasteiger charge is -2.07. The molecule has 0 bridgehead atoms. The number of nitrogens with zero attached hydrogens (tertiary/aromatic N) is 4. The summed E-state index contributed by atoms with van der Waals surface area (Å²) in [6, 6.07) is 1.81. The summed E-state index contributed by atoms with van der Waals surface area (Å²) < 4.78 is 7.36. The van der Waals surface area contributed by atoms with Crippen molar-refractivity contribution < 1.29 is 4.74 Å². The average Bonchev–Trinajstić information content (AvgIpc) is 2.89. The van der Waals surface area contributed by atoms with Gasteiger partial charge in [0, 0.05) is 31.5 Å². The minimum absolute atomic E-state index is 0.601. The molecular formula is C12H17N5O.